The minimum atomic E-state index is -0.646. The van der Waals surface area contributed by atoms with E-state index in [1.54, 1.807) is 0 Å². The Kier molecular flexibility index (Phi) is 6.19. The molecule has 1 aliphatic heterocycles. The molecular formula is C13H23NO3. The molecule has 2 N–H and O–H groups in total. The van der Waals surface area contributed by atoms with E-state index in [1.807, 2.05) is 0 Å². The summed E-state index contributed by atoms with van der Waals surface area (Å²) < 4.78 is 4.93. The van der Waals surface area contributed by atoms with Gasteiger partial charge in [0.2, 0.25) is 5.91 Å². The highest BCUT2D eigenvalue weighted by molar-refractivity contribution is 5.95. The van der Waals surface area contributed by atoms with E-state index in [-0.39, 0.29) is 5.78 Å². The lowest BCUT2D eigenvalue weighted by molar-refractivity contribution is -0.121. The molecule has 0 saturated carbocycles. The molecular weight excluding hydrogens is 218 g/mol. The van der Waals surface area contributed by atoms with Crippen LogP contribution >= 0.6 is 0 Å². The highest BCUT2D eigenvalue weighted by atomic mass is 16.6. The first-order valence-corrected chi connectivity index (χ1v) is 6.64. The summed E-state index contributed by atoms with van der Waals surface area (Å²) in [5.74, 6) is -0.495. The average molecular weight is 241 g/mol. The summed E-state index contributed by atoms with van der Waals surface area (Å²) in [4.78, 5) is 22.2. The summed E-state index contributed by atoms with van der Waals surface area (Å²) in [5.41, 5.74) is 5.03. The average Bonchev–Trinajstić information content (AvgIpc) is 3.07. The SMILES string of the molecule is CCCCCCCCCC(=O)[C@@H]1O[C@@H]1C(N)=O. The van der Waals surface area contributed by atoms with Crippen molar-refractivity contribution in [2.75, 3.05) is 0 Å². The van der Waals surface area contributed by atoms with Crippen LogP contribution in [0.5, 0.6) is 0 Å². The third-order valence-corrected chi connectivity index (χ3v) is 3.12. The smallest absolute Gasteiger partial charge is 0.249 e. The van der Waals surface area contributed by atoms with Crippen LogP contribution in [0.1, 0.15) is 58.3 Å². The Morgan fingerprint density at radius 3 is 2.12 bits per heavy atom. The Balaban J connectivity index is 1.93. The minimum Gasteiger partial charge on any atom is -0.367 e. The molecule has 1 saturated heterocycles. The van der Waals surface area contributed by atoms with Gasteiger partial charge in [0.25, 0.3) is 0 Å². The first kappa shape index (κ1) is 14.2. The topological polar surface area (TPSA) is 72.7 Å². The van der Waals surface area contributed by atoms with Crippen molar-refractivity contribution in [3.8, 4) is 0 Å². The summed E-state index contributed by atoms with van der Waals surface area (Å²) in [5, 5.41) is 0. The number of rotatable bonds is 10. The van der Waals surface area contributed by atoms with E-state index >= 15 is 0 Å². The first-order valence-electron chi connectivity index (χ1n) is 6.64. The number of hydrogen-bond acceptors (Lipinski definition) is 3. The van der Waals surface area contributed by atoms with Crippen LogP contribution in [0.2, 0.25) is 0 Å². The number of ether oxygens (including phenoxy) is 1. The number of carbonyl (C=O) groups is 2. The Morgan fingerprint density at radius 1 is 1.00 bits per heavy atom. The van der Waals surface area contributed by atoms with Crippen LogP contribution in [0.15, 0.2) is 0 Å². The molecule has 2 atom stereocenters. The predicted molar refractivity (Wildman–Crippen MR) is 65.5 cm³/mol. The largest absolute Gasteiger partial charge is 0.367 e. The normalized spacial score (nSPS) is 22.4. The molecule has 0 aromatic rings. The van der Waals surface area contributed by atoms with Gasteiger partial charge in [-0.1, -0.05) is 45.4 Å². The first-order chi connectivity index (χ1) is 8.16. The maximum absolute atomic E-state index is 11.5. The third kappa shape index (κ3) is 5.31. The van der Waals surface area contributed by atoms with Crippen molar-refractivity contribution in [2.24, 2.45) is 5.73 Å². The molecule has 1 fully saturated rings. The van der Waals surface area contributed by atoms with E-state index in [4.69, 9.17) is 10.5 Å². The van der Waals surface area contributed by atoms with Gasteiger partial charge in [-0.3, -0.25) is 9.59 Å². The highest BCUT2D eigenvalue weighted by Crippen LogP contribution is 2.24. The second kappa shape index (κ2) is 7.43. The van der Waals surface area contributed by atoms with E-state index in [0.29, 0.717) is 6.42 Å². The molecule has 0 aromatic heterocycles. The number of Topliss-reactive ketones (excluding diaryl/α,β-unsaturated/α-hetero) is 1. The van der Waals surface area contributed by atoms with Crippen LogP contribution < -0.4 is 5.73 Å². The van der Waals surface area contributed by atoms with Gasteiger partial charge in [0.15, 0.2) is 18.0 Å². The van der Waals surface area contributed by atoms with Crippen molar-refractivity contribution in [3.63, 3.8) is 0 Å². The molecule has 1 rings (SSSR count). The van der Waals surface area contributed by atoms with Gasteiger partial charge < -0.3 is 10.5 Å². The van der Waals surface area contributed by atoms with E-state index in [9.17, 15) is 9.59 Å². The van der Waals surface area contributed by atoms with Crippen molar-refractivity contribution in [3.05, 3.63) is 0 Å². The standard InChI is InChI=1S/C13H23NO3/c1-2-3-4-5-6-7-8-9-10(15)11-12(17-11)13(14)16/h11-12H,2-9H2,1H3,(H2,14,16)/t11-,12-/m0/s1. The Labute approximate surface area is 103 Å². The Bertz CT molecular complexity index is 265. The van der Waals surface area contributed by atoms with Crippen LogP contribution in [-0.4, -0.2) is 23.9 Å². The quantitative estimate of drug-likeness (QED) is 0.469. The van der Waals surface area contributed by atoms with Gasteiger partial charge in [0, 0.05) is 6.42 Å². The molecule has 0 radical (unpaired) electrons. The molecule has 0 aliphatic carbocycles. The molecule has 17 heavy (non-hydrogen) atoms. The third-order valence-electron chi connectivity index (χ3n) is 3.12. The summed E-state index contributed by atoms with van der Waals surface area (Å²) in [6.07, 6.45) is 7.62. The molecule has 4 nitrogen and oxygen atoms in total. The van der Waals surface area contributed by atoms with Crippen LogP contribution in [0.25, 0.3) is 0 Å². The highest BCUT2D eigenvalue weighted by Gasteiger charge is 2.48. The molecule has 0 spiro atoms. The monoisotopic (exact) mass is 241 g/mol. The maximum Gasteiger partial charge on any atom is 0.249 e. The molecule has 1 aliphatic rings. The van der Waals surface area contributed by atoms with E-state index in [0.717, 1.165) is 12.8 Å². The van der Waals surface area contributed by atoms with Crippen LogP contribution in [0, 0.1) is 0 Å². The zero-order valence-electron chi connectivity index (χ0n) is 10.6. The summed E-state index contributed by atoms with van der Waals surface area (Å²) in [7, 11) is 0. The van der Waals surface area contributed by atoms with Gasteiger partial charge in [0.1, 0.15) is 0 Å². The lowest BCUT2D eigenvalue weighted by Gasteiger charge is -2.00. The summed E-state index contributed by atoms with van der Waals surface area (Å²) in [6.45, 7) is 2.20. The van der Waals surface area contributed by atoms with Gasteiger partial charge in [-0.25, -0.2) is 0 Å². The lowest BCUT2D eigenvalue weighted by Crippen LogP contribution is -2.22. The number of ketones is 1. The summed E-state index contributed by atoms with van der Waals surface area (Å²) >= 11 is 0. The van der Waals surface area contributed by atoms with Crippen molar-refractivity contribution in [1.82, 2.24) is 0 Å². The fourth-order valence-corrected chi connectivity index (χ4v) is 1.97. The zero-order chi connectivity index (χ0) is 12.7. The fraction of sp³-hybridized carbons (Fsp3) is 0.846. The van der Waals surface area contributed by atoms with Crippen LogP contribution in [-0.2, 0) is 14.3 Å². The molecule has 0 aromatic carbocycles. The lowest BCUT2D eigenvalue weighted by atomic mass is 10.0. The number of nitrogens with two attached hydrogens (primary N) is 1. The maximum atomic E-state index is 11.5. The Hall–Kier alpha value is -0.900. The number of epoxide rings is 1. The number of primary amides is 1. The van der Waals surface area contributed by atoms with Crippen molar-refractivity contribution in [2.45, 2.75) is 70.5 Å². The molecule has 1 heterocycles. The molecule has 0 unspecified atom stereocenters. The van der Waals surface area contributed by atoms with Crippen molar-refractivity contribution >= 4 is 11.7 Å². The zero-order valence-corrected chi connectivity index (χ0v) is 10.6. The Morgan fingerprint density at radius 2 is 1.59 bits per heavy atom. The van der Waals surface area contributed by atoms with Crippen molar-refractivity contribution < 1.29 is 14.3 Å². The minimum absolute atomic E-state index is 0.0300. The van der Waals surface area contributed by atoms with Gasteiger partial charge in [-0.05, 0) is 6.42 Å². The molecule has 98 valence electrons. The van der Waals surface area contributed by atoms with Crippen LogP contribution in [0.3, 0.4) is 0 Å². The molecule has 0 bridgehead atoms. The van der Waals surface area contributed by atoms with E-state index < -0.39 is 18.1 Å². The van der Waals surface area contributed by atoms with Gasteiger partial charge in [-0.2, -0.15) is 0 Å². The number of unbranched alkanes of at least 4 members (excludes halogenated alkanes) is 6. The number of carbonyl (C=O) groups excluding carboxylic acids is 2. The second-order valence-electron chi connectivity index (χ2n) is 4.72. The fourth-order valence-electron chi connectivity index (χ4n) is 1.97. The number of hydrogen-bond donors (Lipinski definition) is 1. The van der Waals surface area contributed by atoms with E-state index in [1.165, 1.54) is 32.1 Å². The number of amides is 1. The second-order valence-corrected chi connectivity index (χ2v) is 4.72. The van der Waals surface area contributed by atoms with Crippen molar-refractivity contribution in [1.29, 1.82) is 0 Å². The van der Waals surface area contributed by atoms with Gasteiger partial charge >= 0.3 is 0 Å². The van der Waals surface area contributed by atoms with Crippen LogP contribution in [0.4, 0.5) is 0 Å². The van der Waals surface area contributed by atoms with Gasteiger partial charge in [-0.15, -0.1) is 0 Å². The molecule has 1 amide bonds. The molecule has 4 heteroatoms. The summed E-state index contributed by atoms with van der Waals surface area (Å²) in [6, 6.07) is 0. The predicted octanol–water partition coefficient (Wildman–Crippen LogP) is 1.95. The van der Waals surface area contributed by atoms with Gasteiger partial charge in [0.05, 0.1) is 0 Å². The van der Waals surface area contributed by atoms with E-state index in [2.05, 4.69) is 6.92 Å².